The maximum absolute atomic E-state index is 12.3. The number of phenols is 1. The molecule has 3 amide bonds. The first-order chi connectivity index (χ1) is 11.9. The van der Waals surface area contributed by atoms with Crippen molar-refractivity contribution >= 4 is 40.7 Å². The summed E-state index contributed by atoms with van der Waals surface area (Å²) in [4.78, 5) is 36.6. The molecule has 25 heavy (non-hydrogen) atoms. The molecule has 0 saturated heterocycles. The molecule has 0 bridgehead atoms. The smallest absolute Gasteiger partial charge is 0.254 e. The van der Waals surface area contributed by atoms with E-state index in [2.05, 4.69) is 16.0 Å². The molecule has 0 unspecified atom stereocenters. The molecule has 8 heteroatoms. The normalized spacial score (nSPS) is 16.3. The van der Waals surface area contributed by atoms with E-state index in [-0.39, 0.29) is 17.9 Å². The van der Waals surface area contributed by atoms with E-state index >= 15 is 0 Å². The van der Waals surface area contributed by atoms with E-state index in [1.807, 2.05) is 0 Å². The molecule has 0 spiro atoms. The number of carbonyl (C=O) groups is 3. The second-order valence-electron chi connectivity index (χ2n) is 5.47. The summed E-state index contributed by atoms with van der Waals surface area (Å²) < 4.78 is 0. The summed E-state index contributed by atoms with van der Waals surface area (Å²) >= 11 is 5.82. The molecule has 1 heterocycles. The number of fused-ring (bicyclic) bond motifs is 1. The highest BCUT2D eigenvalue weighted by atomic mass is 35.5. The number of phenolic OH excluding ortho intramolecular Hbond substituents is 1. The standard InChI is InChI=1S/C17H14ClN3O4/c18-9-5-6-14(22)12(7-9)19-15(23)8-13-17(25)20-11-4-2-1-3-10(11)16(24)21-13/h1-7,13,22H,8H2,(H,19,23)(H,20,25)(H,21,24)/t13-/m1/s1. The lowest BCUT2D eigenvalue weighted by atomic mass is 10.1. The number of benzene rings is 2. The Morgan fingerprint density at radius 1 is 1.20 bits per heavy atom. The summed E-state index contributed by atoms with van der Waals surface area (Å²) in [5, 5.41) is 17.7. The third-order valence-electron chi connectivity index (χ3n) is 3.67. The van der Waals surface area contributed by atoms with E-state index < -0.39 is 23.8 Å². The van der Waals surface area contributed by atoms with Gasteiger partial charge in [0.25, 0.3) is 5.91 Å². The first-order valence-electron chi connectivity index (χ1n) is 7.43. The number of nitrogens with one attached hydrogen (secondary N) is 3. The van der Waals surface area contributed by atoms with Gasteiger partial charge in [0.15, 0.2) is 0 Å². The highest BCUT2D eigenvalue weighted by molar-refractivity contribution is 6.31. The van der Waals surface area contributed by atoms with Crippen LogP contribution in [0.2, 0.25) is 5.02 Å². The Morgan fingerprint density at radius 2 is 1.96 bits per heavy atom. The Hall–Kier alpha value is -3.06. The lowest BCUT2D eigenvalue weighted by Gasteiger charge is -2.15. The van der Waals surface area contributed by atoms with Gasteiger partial charge >= 0.3 is 0 Å². The van der Waals surface area contributed by atoms with Crippen molar-refractivity contribution in [3.8, 4) is 5.75 Å². The highest BCUT2D eigenvalue weighted by Gasteiger charge is 2.29. The molecule has 3 rings (SSSR count). The maximum Gasteiger partial charge on any atom is 0.254 e. The van der Waals surface area contributed by atoms with Crippen LogP contribution in [0.15, 0.2) is 42.5 Å². The summed E-state index contributed by atoms with van der Waals surface area (Å²) in [6.07, 6.45) is -0.294. The summed E-state index contributed by atoms with van der Waals surface area (Å²) in [5.74, 6) is -1.65. The molecule has 1 atom stereocenters. The van der Waals surface area contributed by atoms with Gasteiger partial charge in [0.05, 0.1) is 23.4 Å². The zero-order chi connectivity index (χ0) is 18.0. The van der Waals surface area contributed by atoms with Crippen molar-refractivity contribution in [1.82, 2.24) is 5.32 Å². The number of hydrogen-bond donors (Lipinski definition) is 4. The molecular weight excluding hydrogens is 346 g/mol. The Kier molecular flexibility index (Phi) is 4.58. The molecule has 0 radical (unpaired) electrons. The molecule has 1 aliphatic heterocycles. The summed E-state index contributed by atoms with van der Waals surface area (Å²) in [7, 11) is 0. The van der Waals surface area contributed by atoms with Crippen LogP contribution in [-0.2, 0) is 9.59 Å². The van der Waals surface area contributed by atoms with E-state index in [1.54, 1.807) is 24.3 Å². The fourth-order valence-electron chi connectivity index (χ4n) is 2.45. The van der Waals surface area contributed by atoms with E-state index in [0.717, 1.165) is 0 Å². The van der Waals surface area contributed by atoms with Crippen molar-refractivity contribution < 1.29 is 19.5 Å². The van der Waals surface area contributed by atoms with Crippen molar-refractivity contribution in [1.29, 1.82) is 0 Å². The van der Waals surface area contributed by atoms with Crippen LogP contribution in [0.5, 0.6) is 5.75 Å². The number of rotatable bonds is 3. The lowest BCUT2D eigenvalue weighted by molar-refractivity contribution is -0.122. The van der Waals surface area contributed by atoms with Crippen LogP contribution in [0.1, 0.15) is 16.8 Å². The van der Waals surface area contributed by atoms with Crippen LogP contribution in [0.25, 0.3) is 0 Å². The van der Waals surface area contributed by atoms with Crippen molar-refractivity contribution in [2.24, 2.45) is 0 Å². The van der Waals surface area contributed by atoms with Gasteiger partial charge in [-0.25, -0.2) is 0 Å². The number of halogens is 1. The van der Waals surface area contributed by atoms with E-state index in [1.165, 1.54) is 18.2 Å². The fraction of sp³-hybridized carbons (Fsp3) is 0.118. The fourth-order valence-corrected chi connectivity index (χ4v) is 2.62. The van der Waals surface area contributed by atoms with Gasteiger partial charge in [0.1, 0.15) is 11.8 Å². The average Bonchev–Trinajstić information content (AvgIpc) is 2.68. The minimum absolute atomic E-state index is 0.126. The van der Waals surface area contributed by atoms with Crippen molar-refractivity contribution in [2.75, 3.05) is 10.6 Å². The molecule has 0 saturated carbocycles. The van der Waals surface area contributed by atoms with Gasteiger partial charge in [-0.3, -0.25) is 14.4 Å². The van der Waals surface area contributed by atoms with Crippen molar-refractivity contribution in [3.05, 3.63) is 53.1 Å². The molecule has 2 aromatic carbocycles. The van der Waals surface area contributed by atoms with Gasteiger partial charge < -0.3 is 21.1 Å². The van der Waals surface area contributed by atoms with Crippen LogP contribution >= 0.6 is 11.6 Å². The zero-order valence-electron chi connectivity index (χ0n) is 12.9. The number of anilines is 2. The van der Waals surface area contributed by atoms with Gasteiger partial charge in [-0.15, -0.1) is 0 Å². The molecule has 128 valence electrons. The summed E-state index contributed by atoms with van der Waals surface area (Å²) in [5.41, 5.74) is 0.841. The molecule has 1 aliphatic rings. The number of amides is 3. The van der Waals surface area contributed by atoms with Crippen LogP contribution in [-0.4, -0.2) is 28.9 Å². The minimum atomic E-state index is -1.04. The lowest BCUT2D eigenvalue weighted by Crippen LogP contribution is -2.43. The average molecular weight is 360 g/mol. The Labute approximate surface area is 148 Å². The monoisotopic (exact) mass is 359 g/mol. The van der Waals surface area contributed by atoms with Gasteiger partial charge in [0, 0.05) is 5.02 Å². The van der Waals surface area contributed by atoms with Gasteiger partial charge in [0.2, 0.25) is 11.8 Å². The van der Waals surface area contributed by atoms with Crippen LogP contribution in [0.4, 0.5) is 11.4 Å². The summed E-state index contributed by atoms with van der Waals surface area (Å²) in [6, 6.07) is 9.73. The largest absolute Gasteiger partial charge is 0.506 e. The molecule has 2 aromatic rings. The van der Waals surface area contributed by atoms with E-state index in [9.17, 15) is 19.5 Å². The number of para-hydroxylation sites is 1. The Morgan fingerprint density at radius 3 is 2.76 bits per heavy atom. The molecule has 7 nitrogen and oxygen atoms in total. The second kappa shape index (κ2) is 6.82. The van der Waals surface area contributed by atoms with Gasteiger partial charge in [-0.1, -0.05) is 23.7 Å². The Bertz CT molecular complexity index is 869. The molecular formula is C17H14ClN3O4. The number of carbonyl (C=O) groups excluding carboxylic acids is 3. The molecule has 4 N–H and O–H groups in total. The van der Waals surface area contributed by atoms with E-state index in [4.69, 9.17) is 11.6 Å². The quantitative estimate of drug-likeness (QED) is 0.629. The minimum Gasteiger partial charge on any atom is -0.506 e. The predicted octanol–water partition coefficient (Wildman–Crippen LogP) is 2.12. The molecule has 0 aromatic heterocycles. The first kappa shape index (κ1) is 16.8. The van der Waals surface area contributed by atoms with Crippen molar-refractivity contribution in [3.63, 3.8) is 0 Å². The topological polar surface area (TPSA) is 108 Å². The Balaban J connectivity index is 1.72. The van der Waals surface area contributed by atoms with E-state index in [0.29, 0.717) is 16.3 Å². The van der Waals surface area contributed by atoms with Gasteiger partial charge in [-0.2, -0.15) is 0 Å². The highest BCUT2D eigenvalue weighted by Crippen LogP contribution is 2.27. The predicted molar refractivity (Wildman–Crippen MR) is 92.7 cm³/mol. The molecule has 0 fully saturated rings. The molecule has 0 aliphatic carbocycles. The van der Waals surface area contributed by atoms with Crippen molar-refractivity contribution in [2.45, 2.75) is 12.5 Å². The van der Waals surface area contributed by atoms with Crippen LogP contribution in [0, 0.1) is 0 Å². The number of hydrogen-bond acceptors (Lipinski definition) is 4. The van der Waals surface area contributed by atoms with Crippen LogP contribution in [0.3, 0.4) is 0 Å². The first-order valence-corrected chi connectivity index (χ1v) is 7.81. The second-order valence-corrected chi connectivity index (χ2v) is 5.91. The van der Waals surface area contributed by atoms with Crippen LogP contribution < -0.4 is 16.0 Å². The summed E-state index contributed by atoms with van der Waals surface area (Å²) in [6.45, 7) is 0. The zero-order valence-corrected chi connectivity index (χ0v) is 13.6. The SMILES string of the molecule is O=C(C[C@H]1NC(=O)c2ccccc2NC1=O)Nc1cc(Cl)ccc1O. The third-order valence-corrected chi connectivity index (χ3v) is 3.91. The van der Waals surface area contributed by atoms with Gasteiger partial charge in [-0.05, 0) is 30.3 Å². The number of aromatic hydroxyl groups is 1. The third kappa shape index (κ3) is 3.72. The maximum atomic E-state index is 12.3.